The Balaban J connectivity index is 1.58. The van der Waals surface area contributed by atoms with E-state index in [4.69, 9.17) is 11.6 Å². The standard InChI is InChI=1S/C20H23ClN4O3/c1-28-20(27)24-16-7-5-14(6-8-16)12-22-18-17(21)11-15(13-23-18)19(26)25-9-3-2-4-10-25/h5-8,11,13H,2-4,9-10,12H2,1H3,(H,22,23)(H,24,27). The quantitative estimate of drug-likeness (QED) is 0.784. The number of amides is 2. The second kappa shape index (κ2) is 9.41. The zero-order chi connectivity index (χ0) is 19.9. The number of benzene rings is 1. The monoisotopic (exact) mass is 402 g/mol. The number of nitrogens with zero attached hydrogens (tertiary/aromatic N) is 2. The minimum Gasteiger partial charge on any atom is -0.453 e. The van der Waals surface area contributed by atoms with Crippen LogP contribution in [0.4, 0.5) is 16.3 Å². The minimum absolute atomic E-state index is 0.0191. The molecule has 1 saturated heterocycles. The Kier molecular flexibility index (Phi) is 6.71. The highest BCUT2D eigenvalue weighted by molar-refractivity contribution is 6.33. The van der Waals surface area contributed by atoms with Crippen LogP contribution in [0.5, 0.6) is 0 Å². The average Bonchev–Trinajstić information content (AvgIpc) is 2.74. The molecule has 0 aliphatic carbocycles. The number of anilines is 2. The number of carbonyl (C=O) groups excluding carboxylic acids is 2. The van der Waals surface area contributed by atoms with Crippen LogP contribution in [-0.2, 0) is 11.3 Å². The first kappa shape index (κ1) is 19.9. The Hall–Kier alpha value is -2.80. The van der Waals surface area contributed by atoms with Gasteiger partial charge in [-0.25, -0.2) is 9.78 Å². The molecule has 7 nitrogen and oxygen atoms in total. The number of hydrogen-bond acceptors (Lipinski definition) is 5. The Morgan fingerprint density at radius 2 is 1.89 bits per heavy atom. The number of aromatic nitrogens is 1. The van der Waals surface area contributed by atoms with Crippen molar-refractivity contribution < 1.29 is 14.3 Å². The highest BCUT2D eigenvalue weighted by atomic mass is 35.5. The zero-order valence-corrected chi connectivity index (χ0v) is 16.5. The fraction of sp³-hybridized carbons (Fsp3) is 0.350. The van der Waals surface area contributed by atoms with Crippen molar-refractivity contribution >= 4 is 35.1 Å². The molecule has 0 radical (unpaired) electrons. The summed E-state index contributed by atoms with van der Waals surface area (Å²) in [6.45, 7) is 2.08. The van der Waals surface area contributed by atoms with Crippen molar-refractivity contribution in [2.45, 2.75) is 25.8 Å². The van der Waals surface area contributed by atoms with Crippen molar-refractivity contribution in [3.63, 3.8) is 0 Å². The van der Waals surface area contributed by atoms with Crippen LogP contribution < -0.4 is 10.6 Å². The summed E-state index contributed by atoms with van der Waals surface area (Å²) in [5.74, 6) is 0.503. The van der Waals surface area contributed by atoms with Crippen LogP contribution in [0.3, 0.4) is 0 Å². The third-order valence-electron chi connectivity index (χ3n) is 4.58. The molecule has 0 bridgehead atoms. The number of methoxy groups -OCH3 is 1. The van der Waals surface area contributed by atoms with Gasteiger partial charge in [-0.15, -0.1) is 0 Å². The molecular weight excluding hydrogens is 380 g/mol. The normalized spacial score (nSPS) is 13.7. The SMILES string of the molecule is COC(=O)Nc1ccc(CNc2ncc(C(=O)N3CCCCC3)cc2Cl)cc1. The Bertz CT molecular complexity index is 836. The molecule has 0 spiro atoms. The van der Waals surface area contributed by atoms with Crippen LogP contribution in [0.25, 0.3) is 0 Å². The largest absolute Gasteiger partial charge is 0.453 e. The molecule has 2 heterocycles. The summed E-state index contributed by atoms with van der Waals surface area (Å²) in [6, 6.07) is 8.98. The van der Waals surface area contributed by atoms with Crippen LogP contribution in [0.15, 0.2) is 36.5 Å². The molecule has 28 heavy (non-hydrogen) atoms. The molecule has 148 valence electrons. The molecule has 1 fully saturated rings. The molecule has 2 aromatic rings. The molecule has 8 heteroatoms. The average molecular weight is 403 g/mol. The predicted molar refractivity (Wildman–Crippen MR) is 109 cm³/mol. The first-order valence-corrected chi connectivity index (χ1v) is 9.57. The molecular formula is C20H23ClN4O3. The fourth-order valence-corrected chi connectivity index (χ4v) is 3.26. The van der Waals surface area contributed by atoms with Crippen molar-refractivity contribution in [2.24, 2.45) is 0 Å². The van der Waals surface area contributed by atoms with Crippen molar-refractivity contribution in [1.29, 1.82) is 0 Å². The summed E-state index contributed by atoms with van der Waals surface area (Å²) in [6.07, 6.45) is 4.31. The number of nitrogens with one attached hydrogen (secondary N) is 2. The van der Waals surface area contributed by atoms with E-state index in [9.17, 15) is 9.59 Å². The number of pyridine rings is 1. The topological polar surface area (TPSA) is 83.6 Å². The maximum absolute atomic E-state index is 12.5. The molecule has 2 N–H and O–H groups in total. The van der Waals surface area contributed by atoms with Crippen LogP contribution in [0.1, 0.15) is 35.2 Å². The summed E-state index contributed by atoms with van der Waals surface area (Å²) < 4.78 is 4.56. The first-order chi connectivity index (χ1) is 13.6. The van der Waals surface area contributed by atoms with E-state index in [1.54, 1.807) is 24.4 Å². The van der Waals surface area contributed by atoms with Gasteiger partial charge in [-0.05, 0) is 43.0 Å². The maximum Gasteiger partial charge on any atom is 0.411 e. The minimum atomic E-state index is -0.513. The molecule has 2 amide bonds. The first-order valence-electron chi connectivity index (χ1n) is 9.19. The number of piperidine rings is 1. The van der Waals surface area contributed by atoms with Crippen molar-refractivity contribution in [3.8, 4) is 0 Å². The van der Waals surface area contributed by atoms with Gasteiger partial charge in [-0.1, -0.05) is 23.7 Å². The van der Waals surface area contributed by atoms with Crippen molar-refractivity contribution in [2.75, 3.05) is 30.8 Å². The Morgan fingerprint density at radius 3 is 2.54 bits per heavy atom. The maximum atomic E-state index is 12.5. The highest BCUT2D eigenvalue weighted by Gasteiger charge is 2.19. The van der Waals surface area contributed by atoms with Gasteiger partial charge in [0.1, 0.15) is 5.82 Å². The van der Waals surface area contributed by atoms with Gasteiger partial charge < -0.3 is 15.0 Å². The van der Waals surface area contributed by atoms with Gasteiger partial charge >= 0.3 is 6.09 Å². The number of ether oxygens (including phenoxy) is 1. The fourth-order valence-electron chi connectivity index (χ4n) is 3.03. The van der Waals surface area contributed by atoms with Crippen molar-refractivity contribution in [3.05, 3.63) is 52.7 Å². The van der Waals surface area contributed by atoms with E-state index in [1.165, 1.54) is 13.5 Å². The van der Waals surface area contributed by atoms with Gasteiger partial charge in [0.2, 0.25) is 0 Å². The molecule has 0 atom stereocenters. The smallest absolute Gasteiger partial charge is 0.411 e. The van der Waals surface area contributed by atoms with E-state index in [2.05, 4.69) is 20.4 Å². The van der Waals surface area contributed by atoms with E-state index >= 15 is 0 Å². The molecule has 1 aromatic heterocycles. The highest BCUT2D eigenvalue weighted by Crippen LogP contribution is 2.23. The lowest BCUT2D eigenvalue weighted by molar-refractivity contribution is 0.0724. The summed E-state index contributed by atoms with van der Waals surface area (Å²) in [7, 11) is 1.32. The number of likely N-dealkylation sites (tertiary alicyclic amines) is 1. The van der Waals surface area contributed by atoms with Gasteiger partial charge in [0.15, 0.2) is 0 Å². The van der Waals surface area contributed by atoms with Crippen molar-refractivity contribution in [1.82, 2.24) is 9.88 Å². The molecule has 0 unspecified atom stereocenters. The second-order valence-electron chi connectivity index (χ2n) is 6.57. The zero-order valence-electron chi connectivity index (χ0n) is 15.7. The lowest BCUT2D eigenvalue weighted by atomic mass is 10.1. The van der Waals surface area contributed by atoms with E-state index in [1.807, 2.05) is 17.0 Å². The lowest BCUT2D eigenvalue weighted by Gasteiger charge is -2.26. The lowest BCUT2D eigenvalue weighted by Crippen LogP contribution is -2.35. The third-order valence-corrected chi connectivity index (χ3v) is 4.87. The number of carbonyl (C=O) groups is 2. The third kappa shape index (κ3) is 5.13. The summed E-state index contributed by atoms with van der Waals surface area (Å²) in [5, 5.41) is 6.17. The van der Waals surface area contributed by atoms with Gasteiger partial charge in [0, 0.05) is 31.5 Å². The summed E-state index contributed by atoms with van der Waals surface area (Å²) in [4.78, 5) is 29.9. The van der Waals surface area contributed by atoms with E-state index < -0.39 is 6.09 Å². The van der Waals surface area contributed by atoms with E-state index in [0.29, 0.717) is 28.6 Å². The van der Waals surface area contributed by atoms with E-state index in [0.717, 1.165) is 31.5 Å². The van der Waals surface area contributed by atoms with Crippen LogP contribution in [0.2, 0.25) is 5.02 Å². The number of hydrogen-bond donors (Lipinski definition) is 2. The Labute approximate surface area is 169 Å². The van der Waals surface area contributed by atoms with Crippen LogP contribution in [0, 0.1) is 0 Å². The van der Waals surface area contributed by atoms with Gasteiger partial charge in [-0.2, -0.15) is 0 Å². The Morgan fingerprint density at radius 1 is 1.18 bits per heavy atom. The summed E-state index contributed by atoms with van der Waals surface area (Å²) in [5.41, 5.74) is 2.14. The van der Waals surface area contributed by atoms with Crippen LogP contribution in [-0.4, -0.2) is 42.1 Å². The van der Waals surface area contributed by atoms with E-state index in [-0.39, 0.29) is 5.91 Å². The predicted octanol–water partition coefficient (Wildman–Crippen LogP) is 4.15. The molecule has 3 rings (SSSR count). The molecule has 1 aliphatic heterocycles. The van der Waals surface area contributed by atoms with Crippen LogP contribution >= 0.6 is 11.6 Å². The molecule has 0 saturated carbocycles. The van der Waals surface area contributed by atoms with Gasteiger partial charge in [-0.3, -0.25) is 10.1 Å². The second-order valence-corrected chi connectivity index (χ2v) is 6.98. The summed E-state index contributed by atoms with van der Waals surface area (Å²) >= 11 is 6.32. The molecule has 1 aliphatic rings. The van der Waals surface area contributed by atoms with Gasteiger partial charge in [0.25, 0.3) is 5.91 Å². The number of halogens is 1. The molecule has 1 aromatic carbocycles. The number of rotatable bonds is 5. The van der Waals surface area contributed by atoms with Gasteiger partial charge in [0.05, 0.1) is 17.7 Å².